The number of carbonyl (C=O) groups is 2. The predicted molar refractivity (Wildman–Crippen MR) is 155 cm³/mol. The first-order chi connectivity index (χ1) is 18.9. The molecule has 1 saturated heterocycles. The maximum atomic E-state index is 13.2. The number of hydrogen-bond acceptors (Lipinski definition) is 8. The van der Waals surface area contributed by atoms with E-state index in [-0.39, 0.29) is 11.5 Å². The van der Waals surface area contributed by atoms with E-state index in [4.69, 9.17) is 4.74 Å². The number of pyridine rings is 1. The van der Waals surface area contributed by atoms with E-state index in [2.05, 4.69) is 56.5 Å². The number of ether oxygens (including phenoxy) is 1. The molecule has 1 aromatic heterocycles. The lowest BCUT2D eigenvalue weighted by Gasteiger charge is -2.33. The lowest BCUT2D eigenvalue weighted by atomic mass is 10.0. The summed E-state index contributed by atoms with van der Waals surface area (Å²) in [5, 5.41) is 6.32. The number of fused-ring (bicyclic) bond motifs is 1. The monoisotopic (exact) mass is 526 g/mol. The zero-order valence-corrected chi connectivity index (χ0v) is 22.6. The third-order valence-electron chi connectivity index (χ3n) is 7.26. The summed E-state index contributed by atoms with van der Waals surface area (Å²) in [6, 6.07) is 19.5. The fourth-order valence-electron chi connectivity index (χ4n) is 4.83. The Labute approximate surface area is 229 Å². The molecule has 3 aromatic rings. The van der Waals surface area contributed by atoms with Gasteiger partial charge in [-0.25, -0.2) is 4.79 Å². The minimum atomic E-state index is -0.507. The van der Waals surface area contributed by atoms with Crippen LogP contribution in [0, 0.1) is 0 Å². The summed E-state index contributed by atoms with van der Waals surface area (Å²) < 4.78 is 4.80. The van der Waals surface area contributed by atoms with Crippen LogP contribution in [0.1, 0.15) is 21.6 Å². The number of rotatable bonds is 8. The summed E-state index contributed by atoms with van der Waals surface area (Å²) in [6.07, 6.45) is 1.43. The number of benzene rings is 2. The molecule has 39 heavy (non-hydrogen) atoms. The topological polar surface area (TPSA) is 90.0 Å². The summed E-state index contributed by atoms with van der Waals surface area (Å²) in [5.41, 5.74) is 5.13. The molecular weight excluding hydrogens is 492 g/mol. The van der Waals surface area contributed by atoms with Gasteiger partial charge >= 0.3 is 5.97 Å². The Balaban J connectivity index is 1.38. The lowest BCUT2D eigenvalue weighted by Crippen LogP contribution is -2.46. The van der Waals surface area contributed by atoms with Crippen LogP contribution in [0.2, 0.25) is 0 Å². The van der Waals surface area contributed by atoms with Crippen molar-refractivity contribution in [2.75, 3.05) is 76.0 Å². The van der Waals surface area contributed by atoms with Crippen LogP contribution in [-0.2, 0) is 9.53 Å². The largest absolute Gasteiger partial charge is 0.465 e. The number of methoxy groups -OCH3 is 1. The average Bonchev–Trinajstić information content (AvgIpc) is 3.30. The molecule has 0 bridgehead atoms. The second kappa shape index (κ2) is 11.7. The second-order valence-electron chi connectivity index (χ2n) is 9.92. The van der Waals surface area contributed by atoms with E-state index < -0.39 is 5.97 Å². The molecule has 5 rings (SSSR count). The van der Waals surface area contributed by atoms with E-state index >= 15 is 0 Å². The van der Waals surface area contributed by atoms with Gasteiger partial charge in [0, 0.05) is 63.9 Å². The normalized spacial score (nSPS) is 16.8. The van der Waals surface area contributed by atoms with Crippen LogP contribution in [0.15, 0.2) is 66.9 Å². The van der Waals surface area contributed by atoms with Gasteiger partial charge in [-0.2, -0.15) is 0 Å². The fraction of sp³-hybridized carbons (Fsp3) is 0.300. The number of anilines is 3. The highest BCUT2D eigenvalue weighted by Gasteiger charge is 2.31. The smallest absolute Gasteiger partial charge is 0.339 e. The molecular formula is C30H34N6O3. The first-order valence-electron chi connectivity index (χ1n) is 13.1. The third-order valence-corrected chi connectivity index (χ3v) is 7.26. The maximum absolute atomic E-state index is 13.2. The van der Waals surface area contributed by atoms with E-state index in [1.807, 2.05) is 42.5 Å². The Hall–Kier alpha value is -4.21. The Morgan fingerprint density at radius 1 is 1.05 bits per heavy atom. The van der Waals surface area contributed by atoms with E-state index in [1.165, 1.54) is 13.3 Å². The molecule has 3 heterocycles. The Morgan fingerprint density at radius 3 is 2.46 bits per heavy atom. The van der Waals surface area contributed by atoms with Crippen molar-refractivity contribution >= 4 is 40.2 Å². The number of piperazine rings is 1. The van der Waals surface area contributed by atoms with Gasteiger partial charge in [-0.15, -0.1) is 0 Å². The number of amides is 1. The number of nitrogens with zero attached hydrogens (tertiary/aromatic N) is 4. The number of hydrogen-bond donors (Lipinski definition) is 2. The molecule has 0 unspecified atom stereocenters. The third kappa shape index (κ3) is 5.94. The van der Waals surface area contributed by atoms with Crippen LogP contribution in [0.3, 0.4) is 0 Å². The van der Waals surface area contributed by atoms with Crippen molar-refractivity contribution in [1.29, 1.82) is 0 Å². The highest BCUT2D eigenvalue weighted by atomic mass is 16.5. The van der Waals surface area contributed by atoms with Crippen LogP contribution in [0.4, 0.5) is 17.1 Å². The summed E-state index contributed by atoms with van der Waals surface area (Å²) in [5.74, 6) is -0.793. The minimum Gasteiger partial charge on any atom is -0.465 e. The first kappa shape index (κ1) is 26.4. The molecule has 202 valence electrons. The van der Waals surface area contributed by atoms with E-state index in [0.717, 1.165) is 56.2 Å². The van der Waals surface area contributed by atoms with Crippen molar-refractivity contribution in [2.45, 2.75) is 0 Å². The summed E-state index contributed by atoms with van der Waals surface area (Å²) in [4.78, 5) is 36.7. The maximum Gasteiger partial charge on any atom is 0.339 e. The SMILES string of the molecule is COC(=O)c1cnc2c(c1)NC(=O)/C2=C(/Nc1ccc(N(C)CCN2CCN(C)CC2)cc1)c1ccccc1. The van der Waals surface area contributed by atoms with Crippen molar-refractivity contribution in [1.82, 2.24) is 14.8 Å². The van der Waals surface area contributed by atoms with Gasteiger partial charge in [0.2, 0.25) is 0 Å². The number of aromatic nitrogens is 1. The summed E-state index contributed by atoms with van der Waals surface area (Å²) in [6.45, 7) is 6.45. The highest BCUT2D eigenvalue weighted by Crippen LogP contribution is 2.36. The Bertz CT molecular complexity index is 1370. The van der Waals surface area contributed by atoms with Gasteiger partial charge in [-0.05, 0) is 42.9 Å². The van der Waals surface area contributed by atoms with Gasteiger partial charge in [-0.3, -0.25) is 14.7 Å². The van der Waals surface area contributed by atoms with E-state index in [1.54, 1.807) is 6.07 Å². The molecule has 2 aliphatic rings. The predicted octanol–water partition coefficient (Wildman–Crippen LogP) is 3.48. The van der Waals surface area contributed by atoms with Crippen molar-refractivity contribution in [2.24, 2.45) is 0 Å². The van der Waals surface area contributed by atoms with Crippen molar-refractivity contribution in [3.63, 3.8) is 0 Å². The molecule has 0 radical (unpaired) electrons. The molecule has 0 spiro atoms. The quantitative estimate of drug-likeness (QED) is 0.341. The summed E-state index contributed by atoms with van der Waals surface area (Å²) in [7, 11) is 5.60. The zero-order valence-electron chi connectivity index (χ0n) is 22.6. The van der Waals surface area contributed by atoms with Gasteiger partial charge in [-0.1, -0.05) is 30.3 Å². The second-order valence-corrected chi connectivity index (χ2v) is 9.92. The molecule has 2 N–H and O–H groups in total. The molecule has 2 aromatic carbocycles. The standard InChI is InChI=1S/C30H34N6O3/c1-34-13-16-36(17-14-34)18-15-35(2)24-11-9-23(10-12-24)32-27(21-7-5-4-6-8-21)26-28-25(33-29(26)37)19-22(20-31-28)30(38)39-3/h4-12,19-20,32H,13-18H2,1-3H3,(H,33,37)/b27-26+. The summed E-state index contributed by atoms with van der Waals surface area (Å²) >= 11 is 0. The molecule has 9 heteroatoms. The molecule has 1 amide bonds. The molecule has 0 aliphatic carbocycles. The van der Waals surface area contributed by atoms with Gasteiger partial charge in [0.1, 0.15) is 5.69 Å². The van der Waals surface area contributed by atoms with Gasteiger partial charge in [0.05, 0.1) is 29.6 Å². The molecule has 1 fully saturated rings. The first-order valence-corrected chi connectivity index (χ1v) is 13.1. The molecule has 2 aliphatic heterocycles. The van der Waals surface area contributed by atoms with Crippen LogP contribution in [0.25, 0.3) is 11.3 Å². The number of esters is 1. The number of carbonyl (C=O) groups excluding carboxylic acids is 2. The van der Waals surface area contributed by atoms with Crippen LogP contribution in [0.5, 0.6) is 0 Å². The zero-order chi connectivity index (χ0) is 27.4. The Morgan fingerprint density at radius 2 is 1.77 bits per heavy atom. The average molecular weight is 527 g/mol. The van der Waals surface area contributed by atoms with Crippen molar-refractivity contribution < 1.29 is 14.3 Å². The highest BCUT2D eigenvalue weighted by molar-refractivity contribution is 6.37. The van der Waals surface area contributed by atoms with Crippen LogP contribution >= 0.6 is 0 Å². The van der Waals surface area contributed by atoms with Crippen molar-refractivity contribution in [3.8, 4) is 0 Å². The number of nitrogens with one attached hydrogen (secondary N) is 2. The molecule has 0 atom stereocenters. The molecule has 9 nitrogen and oxygen atoms in total. The van der Waals surface area contributed by atoms with E-state index in [0.29, 0.717) is 22.7 Å². The number of likely N-dealkylation sites (N-methyl/N-ethyl adjacent to an activating group) is 2. The van der Waals surface area contributed by atoms with Crippen LogP contribution < -0.4 is 15.5 Å². The van der Waals surface area contributed by atoms with E-state index in [9.17, 15) is 9.59 Å². The fourth-order valence-corrected chi connectivity index (χ4v) is 4.83. The lowest BCUT2D eigenvalue weighted by molar-refractivity contribution is -0.110. The minimum absolute atomic E-state index is 0.277. The molecule has 0 saturated carbocycles. The Kier molecular flexibility index (Phi) is 7.90. The van der Waals surface area contributed by atoms with Gasteiger partial charge in [0.15, 0.2) is 0 Å². The van der Waals surface area contributed by atoms with Crippen molar-refractivity contribution in [3.05, 3.63) is 83.7 Å². The van der Waals surface area contributed by atoms with Gasteiger partial charge < -0.3 is 25.2 Å². The van der Waals surface area contributed by atoms with Gasteiger partial charge in [0.25, 0.3) is 5.91 Å². The van der Waals surface area contributed by atoms with Crippen LogP contribution in [-0.4, -0.2) is 87.1 Å².